The molecular weight excluding hydrogens is 190 g/mol. The van der Waals surface area contributed by atoms with Gasteiger partial charge in [0.1, 0.15) is 6.54 Å². The third kappa shape index (κ3) is 4.49. The molecule has 3 nitrogen and oxygen atoms in total. The Kier molecular flexibility index (Phi) is 5.58. The smallest absolute Gasteiger partial charge is 0.207 e. The van der Waals surface area contributed by atoms with Gasteiger partial charge in [-0.2, -0.15) is 0 Å². The van der Waals surface area contributed by atoms with Crippen molar-refractivity contribution in [3.8, 4) is 0 Å². The van der Waals surface area contributed by atoms with Gasteiger partial charge in [0.05, 0.1) is 20.1 Å². The molecule has 3 heteroatoms. The average molecular weight is 216 g/mol. The number of nitrogens with zero attached hydrogens (tertiary/aromatic N) is 1. The molecule has 1 heterocycles. The summed E-state index contributed by atoms with van der Waals surface area (Å²) in [4.78, 5) is 0. The molecule has 0 aromatic rings. The molecule has 0 N–H and O–H groups in total. The van der Waals surface area contributed by atoms with Gasteiger partial charge in [-0.1, -0.05) is 0 Å². The summed E-state index contributed by atoms with van der Waals surface area (Å²) in [6, 6.07) is 0. The summed E-state index contributed by atoms with van der Waals surface area (Å²) in [5.41, 5.74) is 0. The maximum absolute atomic E-state index is 5.61. The lowest BCUT2D eigenvalue weighted by molar-refractivity contribution is -0.919. The predicted molar refractivity (Wildman–Crippen MR) is 61.7 cm³/mol. The van der Waals surface area contributed by atoms with Crippen molar-refractivity contribution in [1.82, 2.24) is 0 Å². The van der Waals surface area contributed by atoms with E-state index in [1.54, 1.807) is 0 Å². The number of quaternary nitrogens is 1. The third-order valence-electron chi connectivity index (χ3n) is 3.19. The van der Waals surface area contributed by atoms with Gasteiger partial charge in [-0.3, -0.25) is 0 Å². The highest BCUT2D eigenvalue weighted by Crippen LogP contribution is 2.17. The van der Waals surface area contributed by atoms with E-state index < -0.39 is 0 Å². The molecule has 1 saturated heterocycles. The van der Waals surface area contributed by atoms with Gasteiger partial charge in [0.15, 0.2) is 0 Å². The molecule has 1 aliphatic rings. The number of likely N-dealkylation sites (tertiary alicyclic amines) is 1. The van der Waals surface area contributed by atoms with E-state index >= 15 is 0 Å². The maximum Gasteiger partial charge on any atom is 0.207 e. The second-order valence-electron chi connectivity index (χ2n) is 4.65. The highest BCUT2D eigenvalue weighted by molar-refractivity contribution is 4.54. The van der Waals surface area contributed by atoms with Crippen LogP contribution in [0.25, 0.3) is 0 Å². The highest BCUT2D eigenvalue weighted by atomic mass is 16.7. The zero-order chi connectivity index (χ0) is 11.1. The molecule has 0 spiro atoms. The van der Waals surface area contributed by atoms with Gasteiger partial charge in [-0.05, 0) is 33.1 Å². The first-order chi connectivity index (χ1) is 7.20. The van der Waals surface area contributed by atoms with Crippen LogP contribution in [0.1, 0.15) is 33.1 Å². The van der Waals surface area contributed by atoms with Gasteiger partial charge in [-0.25, -0.2) is 0 Å². The van der Waals surface area contributed by atoms with E-state index in [-0.39, 0.29) is 6.29 Å². The van der Waals surface area contributed by atoms with Gasteiger partial charge in [0, 0.05) is 13.2 Å². The summed E-state index contributed by atoms with van der Waals surface area (Å²) in [7, 11) is 2.32. The van der Waals surface area contributed by atoms with Crippen molar-refractivity contribution in [3.63, 3.8) is 0 Å². The van der Waals surface area contributed by atoms with E-state index in [0.29, 0.717) is 0 Å². The van der Waals surface area contributed by atoms with Gasteiger partial charge < -0.3 is 14.0 Å². The summed E-state index contributed by atoms with van der Waals surface area (Å²) < 4.78 is 12.3. The van der Waals surface area contributed by atoms with E-state index in [1.807, 2.05) is 13.8 Å². The van der Waals surface area contributed by atoms with Crippen molar-refractivity contribution in [2.45, 2.75) is 39.4 Å². The Bertz CT molecular complexity index is 161. The monoisotopic (exact) mass is 216 g/mol. The topological polar surface area (TPSA) is 18.5 Å². The van der Waals surface area contributed by atoms with Crippen molar-refractivity contribution in [2.75, 3.05) is 39.9 Å². The Labute approximate surface area is 93.9 Å². The normalized spacial score (nSPS) is 20.8. The molecule has 1 rings (SSSR count). The molecule has 1 fully saturated rings. The molecular formula is C12H26NO2+. The number of rotatable bonds is 6. The fourth-order valence-electron chi connectivity index (χ4n) is 2.34. The van der Waals surface area contributed by atoms with Crippen molar-refractivity contribution >= 4 is 0 Å². The Morgan fingerprint density at radius 3 is 2.00 bits per heavy atom. The molecule has 0 bridgehead atoms. The second-order valence-corrected chi connectivity index (χ2v) is 4.65. The number of ether oxygens (including phenoxy) is 2. The number of likely N-dealkylation sites (N-methyl/N-ethyl adjacent to an activating group) is 1. The van der Waals surface area contributed by atoms with Crippen LogP contribution >= 0.6 is 0 Å². The van der Waals surface area contributed by atoms with Crippen LogP contribution in [-0.2, 0) is 9.47 Å². The number of hydrogen-bond acceptors (Lipinski definition) is 2. The average Bonchev–Trinajstić information content (AvgIpc) is 2.19. The molecule has 0 aromatic carbocycles. The van der Waals surface area contributed by atoms with Crippen LogP contribution < -0.4 is 0 Å². The van der Waals surface area contributed by atoms with Crippen molar-refractivity contribution < 1.29 is 14.0 Å². The van der Waals surface area contributed by atoms with Gasteiger partial charge in [-0.15, -0.1) is 0 Å². The summed E-state index contributed by atoms with van der Waals surface area (Å²) in [5.74, 6) is 0. The van der Waals surface area contributed by atoms with E-state index in [9.17, 15) is 0 Å². The Balaban J connectivity index is 2.39. The number of hydrogen-bond donors (Lipinski definition) is 0. The molecule has 0 atom stereocenters. The summed E-state index contributed by atoms with van der Waals surface area (Å²) in [5, 5.41) is 0. The van der Waals surface area contributed by atoms with Gasteiger partial charge >= 0.3 is 0 Å². The predicted octanol–water partition coefficient (Wildman–Crippen LogP) is 2.02. The second kappa shape index (κ2) is 6.46. The minimum atomic E-state index is -0.0110. The quantitative estimate of drug-likeness (QED) is 0.499. The van der Waals surface area contributed by atoms with Crippen LogP contribution in [0.2, 0.25) is 0 Å². The first-order valence-electron chi connectivity index (χ1n) is 6.27. The molecule has 1 aliphatic heterocycles. The standard InChI is InChI=1S/C12H26NO2/c1-4-14-12(15-5-2)11-13(3)9-7-6-8-10-13/h12H,4-11H2,1-3H3/q+1. The lowest BCUT2D eigenvalue weighted by Crippen LogP contribution is -2.52. The molecule has 0 amide bonds. The minimum absolute atomic E-state index is 0.0110. The van der Waals surface area contributed by atoms with Crippen LogP contribution in [0.3, 0.4) is 0 Å². The molecule has 90 valence electrons. The largest absolute Gasteiger partial charge is 0.348 e. The molecule has 0 saturated carbocycles. The fraction of sp³-hybridized carbons (Fsp3) is 1.00. The molecule has 0 radical (unpaired) electrons. The first-order valence-corrected chi connectivity index (χ1v) is 6.27. The van der Waals surface area contributed by atoms with E-state index in [4.69, 9.17) is 9.47 Å². The van der Waals surface area contributed by atoms with E-state index in [0.717, 1.165) is 24.2 Å². The fourth-order valence-corrected chi connectivity index (χ4v) is 2.34. The van der Waals surface area contributed by atoms with Crippen molar-refractivity contribution in [2.24, 2.45) is 0 Å². The lowest BCUT2D eigenvalue weighted by Gasteiger charge is -2.39. The van der Waals surface area contributed by atoms with Crippen LogP contribution in [0.15, 0.2) is 0 Å². The Morgan fingerprint density at radius 1 is 1.00 bits per heavy atom. The van der Waals surface area contributed by atoms with Gasteiger partial charge in [0.2, 0.25) is 6.29 Å². The molecule has 0 aliphatic carbocycles. The summed E-state index contributed by atoms with van der Waals surface area (Å²) in [6.07, 6.45) is 4.08. The molecule has 0 unspecified atom stereocenters. The van der Waals surface area contributed by atoms with Crippen LogP contribution in [0, 0.1) is 0 Å². The van der Waals surface area contributed by atoms with Crippen LogP contribution in [-0.4, -0.2) is 50.7 Å². The first kappa shape index (κ1) is 12.9. The SMILES string of the molecule is CCOC(C[N+]1(C)CCCCC1)OCC. The Hall–Kier alpha value is -0.120. The maximum atomic E-state index is 5.61. The zero-order valence-electron chi connectivity index (χ0n) is 10.5. The van der Waals surface area contributed by atoms with Crippen LogP contribution in [0.4, 0.5) is 0 Å². The summed E-state index contributed by atoms with van der Waals surface area (Å²) in [6.45, 7) is 9.09. The van der Waals surface area contributed by atoms with E-state index in [1.165, 1.54) is 32.4 Å². The molecule has 15 heavy (non-hydrogen) atoms. The number of piperidine rings is 1. The minimum Gasteiger partial charge on any atom is -0.348 e. The van der Waals surface area contributed by atoms with Crippen molar-refractivity contribution in [1.29, 1.82) is 0 Å². The lowest BCUT2D eigenvalue weighted by atomic mass is 10.1. The zero-order valence-corrected chi connectivity index (χ0v) is 10.5. The molecule has 0 aromatic heterocycles. The van der Waals surface area contributed by atoms with Crippen LogP contribution in [0.5, 0.6) is 0 Å². The highest BCUT2D eigenvalue weighted by Gasteiger charge is 2.29. The Morgan fingerprint density at radius 2 is 1.53 bits per heavy atom. The summed E-state index contributed by atoms with van der Waals surface area (Å²) >= 11 is 0. The van der Waals surface area contributed by atoms with Gasteiger partial charge in [0.25, 0.3) is 0 Å². The third-order valence-corrected chi connectivity index (χ3v) is 3.19. The van der Waals surface area contributed by atoms with E-state index in [2.05, 4.69) is 7.05 Å². The van der Waals surface area contributed by atoms with Crippen molar-refractivity contribution in [3.05, 3.63) is 0 Å².